The second-order valence-electron chi connectivity index (χ2n) is 6.18. The van der Waals surface area contributed by atoms with Gasteiger partial charge in [0.1, 0.15) is 24.1 Å². The van der Waals surface area contributed by atoms with Crippen LogP contribution in [0.2, 0.25) is 0 Å². The zero-order valence-electron chi connectivity index (χ0n) is 16.0. The average Bonchev–Trinajstić information content (AvgIpc) is 2.96. The van der Waals surface area contributed by atoms with E-state index < -0.39 is 53.2 Å². The molecule has 1 aromatic heterocycles. The minimum Gasteiger partial charge on any atom is -0.393 e. The lowest BCUT2D eigenvalue weighted by Crippen LogP contribution is -2.33. The number of phosphoric acid groups is 3. The van der Waals surface area contributed by atoms with Gasteiger partial charge in [-0.1, -0.05) is 6.08 Å². The molecule has 2 heterocycles. The van der Waals surface area contributed by atoms with Gasteiger partial charge < -0.3 is 34.8 Å². The van der Waals surface area contributed by atoms with Crippen molar-refractivity contribution in [2.45, 2.75) is 24.9 Å². The van der Waals surface area contributed by atoms with Crippen molar-refractivity contribution in [3.63, 3.8) is 0 Å². The molecule has 0 saturated carbocycles. The van der Waals surface area contributed by atoms with Gasteiger partial charge in [0, 0.05) is 12.6 Å². The summed E-state index contributed by atoms with van der Waals surface area (Å²) in [6.45, 7) is 3.21. The third kappa shape index (κ3) is 7.85. The summed E-state index contributed by atoms with van der Waals surface area (Å²) in [5, 5.41) is 0. The van der Waals surface area contributed by atoms with Crippen LogP contribution < -0.4 is 17.0 Å². The molecule has 0 aromatic carbocycles. The van der Waals surface area contributed by atoms with Crippen molar-refractivity contribution in [3.05, 3.63) is 39.7 Å². The molecule has 20 heteroatoms. The van der Waals surface area contributed by atoms with Crippen LogP contribution in [0.15, 0.2) is 28.4 Å². The molecule has 2 rings (SSSR count). The van der Waals surface area contributed by atoms with E-state index in [9.17, 15) is 33.1 Å². The standard InChI is InChI=1S/C12H20N3O14P3/c1-2-3-25-6-9-8(27-31(21,22)29-32(23,24)28-30(18,19)20)4-10(26-9)15-5-7(13)11(16)14-12(15)17/h2,5,8-10H,1,3-4,6,13H2,(H,21,22)(H,23,24)(H,14,16,17)(H2,18,19,20)/t8-,9+,10+/m0/s1. The second kappa shape index (κ2) is 10.2. The molecule has 0 spiro atoms. The van der Waals surface area contributed by atoms with E-state index in [1.165, 1.54) is 6.08 Å². The van der Waals surface area contributed by atoms with E-state index in [0.29, 0.717) is 0 Å². The molecule has 32 heavy (non-hydrogen) atoms. The molecule has 0 aliphatic carbocycles. The Balaban J connectivity index is 2.23. The number of nitrogens with one attached hydrogen (secondary N) is 1. The van der Waals surface area contributed by atoms with Crippen LogP contribution in [0.25, 0.3) is 0 Å². The summed E-state index contributed by atoms with van der Waals surface area (Å²) in [6.07, 6.45) is -1.72. The summed E-state index contributed by atoms with van der Waals surface area (Å²) in [7, 11) is -16.8. The highest BCUT2D eigenvalue weighted by atomic mass is 31.3. The number of hydrogen-bond acceptors (Lipinski definition) is 11. The molecule has 5 atom stereocenters. The van der Waals surface area contributed by atoms with Crippen LogP contribution in [0.4, 0.5) is 5.69 Å². The van der Waals surface area contributed by atoms with Gasteiger partial charge in [0.05, 0.1) is 13.2 Å². The Bertz CT molecular complexity index is 1090. The Labute approximate surface area is 178 Å². The Kier molecular flexibility index (Phi) is 8.56. The number of hydrogen-bond donors (Lipinski definition) is 6. The van der Waals surface area contributed by atoms with Gasteiger partial charge in [0.15, 0.2) is 0 Å². The van der Waals surface area contributed by atoms with Crippen LogP contribution in [-0.2, 0) is 36.3 Å². The molecule has 0 radical (unpaired) electrons. The summed E-state index contributed by atoms with van der Waals surface area (Å²) in [6, 6.07) is 0. The Morgan fingerprint density at radius 3 is 2.47 bits per heavy atom. The maximum Gasteiger partial charge on any atom is 0.490 e. The number of ether oxygens (including phenoxy) is 2. The summed E-state index contributed by atoms with van der Waals surface area (Å²) < 4.78 is 58.2. The lowest BCUT2D eigenvalue weighted by molar-refractivity contribution is -0.0586. The molecule has 17 nitrogen and oxygen atoms in total. The molecule has 1 aliphatic rings. The zero-order valence-corrected chi connectivity index (χ0v) is 18.6. The second-order valence-corrected chi connectivity index (χ2v) is 10.5. The van der Waals surface area contributed by atoms with Crippen molar-refractivity contribution in [1.29, 1.82) is 0 Å². The van der Waals surface area contributed by atoms with Crippen LogP contribution >= 0.6 is 23.5 Å². The van der Waals surface area contributed by atoms with E-state index in [4.69, 9.17) is 29.5 Å². The molecule has 1 aromatic rings. The van der Waals surface area contributed by atoms with Gasteiger partial charge in [-0.3, -0.25) is 18.9 Å². The first-order valence-corrected chi connectivity index (χ1v) is 12.9. The fourth-order valence-corrected chi connectivity index (χ4v) is 5.81. The summed E-state index contributed by atoms with van der Waals surface area (Å²) in [5.41, 5.74) is 3.38. The van der Waals surface area contributed by atoms with E-state index in [0.717, 1.165) is 10.8 Å². The number of nitrogen functional groups attached to an aromatic ring is 1. The van der Waals surface area contributed by atoms with Crippen molar-refractivity contribution in [2.24, 2.45) is 0 Å². The number of aromatic amines is 1. The third-order valence-corrected chi connectivity index (χ3v) is 7.55. The number of anilines is 1. The Morgan fingerprint density at radius 2 is 1.88 bits per heavy atom. The number of nitrogens with zero attached hydrogens (tertiary/aromatic N) is 1. The van der Waals surface area contributed by atoms with Gasteiger partial charge in [-0.05, 0) is 0 Å². The molecule has 2 unspecified atom stereocenters. The van der Waals surface area contributed by atoms with Gasteiger partial charge in [-0.2, -0.15) is 8.62 Å². The van der Waals surface area contributed by atoms with Crippen molar-refractivity contribution in [3.8, 4) is 0 Å². The molecule has 1 fully saturated rings. The van der Waals surface area contributed by atoms with Crippen LogP contribution in [0, 0.1) is 0 Å². The van der Waals surface area contributed by atoms with Gasteiger partial charge in [0.25, 0.3) is 5.56 Å². The predicted molar refractivity (Wildman–Crippen MR) is 104 cm³/mol. The first-order valence-electron chi connectivity index (χ1n) is 8.40. The molecule has 0 bridgehead atoms. The van der Waals surface area contributed by atoms with E-state index in [1.807, 2.05) is 4.98 Å². The van der Waals surface area contributed by atoms with Crippen molar-refractivity contribution in [2.75, 3.05) is 18.9 Å². The van der Waals surface area contributed by atoms with Crippen molar-refractivity contribution >= 4 is 29.2 Å². The predicted octanol–water partition coefficient (Wildman–Crippen LogP) is -0.679. The smallest absolute Gasteiger partial charge is 0.393 e. The van der Waals surface area contributed by atoms with E-state index >= 15 is 0 Å². The number of aromatic nitrogens is 2. The molecule has 7 N–H and O–H groups in total. The number of phosphoric ester groups is 1. The van der Waals surface area contributed by atoms with Gasteiger partial charge in [-0.15, -0.1) is 6.58 Å². The topological polar surface area (TPSA) is 259 Å². The van der Waals surface area contributed by atoms with Gasteiger partial charge in [0.2, 0.25) is 0 Å². The normalized spacial score (nSPS) is 25.2. The molecule has 1 saturated heterocycles. The fourth-order valence-electron chi connectivity index (χ4n) is 2.58. The van der Waals surface area contributed by atoms with Crippen LogP contribution in [0.1, 0.15) is 12.6 Å². The molecular weight excluding hydrogens is 503 g/mol. The number of H-pyrrole nitrogens is 1. The summed E-state index contributed by atoms with van der Waals surface area (Å²) in [5.74, 6) is 0. The van der Waals surface area contributed by atoms with E-state index in [-0.39, 0.29) is 25.3 Å². The van der Waals surface area contributed by atoms with Crippen LogP contribution in [0.5, 0.6) is 0 Å². The zero-order chi connectivity index (χ0) is 24.3. The number of nitrogens with two attached hydrogens (primary N) is 1. The first-order chi connectivity index (χ1) is 14.6. The van der Waals surface area contributed by atoms with Crippen molar-refractivity contribution in [1.82, 2.24) is 9.55 Å². The minimum atomic E-state index is -5.73. The first kappa shape index (κ1) is 26.8. The average molecular weight is 523 g/mol. The van der Waals surface area contributed by atoms with Gasteiger partial charge >= 0.3 is 29.2 Å². The molecule has 1 aliphatic heterocycles. The lowest BCUT2D eigenvalue weighted by atomic mass is 10.2. The monoisotopic (exact) mass is 523 g/mol. The maximum absolute atomic E-state index is 12.2. The summed E-state index contributed by atoms with van der Waals surface area (Å²) in [4.78, 5) is 61.6. The quantitative estimate of drug-likeness (QED) is 0.119. The van der Waals surface area contributed by atoms with Gasteiger partial charge in [-0.25, -0.2) is 18.5 Å². The highest BCUT2D eigenvalue weighted by Crippen LogP contribution is 2.67. The fraction of sp³-hybridized carbons (Fsp3) is 0.500. The maximum atomic E-state index is 12.2. The molecular formula is C12H20N3O14P3. The molecule has 0 amide bonds. The Hall–Kier alpha value is -1.45. The van der Waals surface area contributed by atoms with E-state index in [1.54, 1.807) is 0 Å². The van der Waals surface area contributed by atoms with Crippen molar-refractivity contribution < 1.29 is 55.9 Å². The highest BCUT2D eigenvalue weighted by Gasteiger charge is 2.46. The highest BCUT2D eigenvalue weighted by molar-refractivity contribution is 7.66. The SMILES string of the molecule is C=CCOC[C@H]1O[C@@H](n2cc(N)c(=O)[nH]c2=O)C[C@@H]1OP(=O)(O)OP(=O)(O)OP(=O)(O)O. The van der Waals surface area contributed by atoms with Crippen LogP contribution in [-0.4, -0.2) is 54.5 Å². The molecule has 182 valence electrons. The largest absolute Gasteiger partial charge is 0.490 e. The third-order valence-electron chi connectivity index (χ3n) is 3.69. The summed E-state index contributed by atoms with van der Waals surface area (Å²) >= 11 is 0. The lowest BCUT2D eigenvalue weighted by Gasteiger charge is -2.22. The minimum absolute atomic E-state index is 0.0397. The Morgan fingerprint density at radius 1 is 1.22 bits per heavy atom. The number of rotatable bonds is 11. The van der Waals surface area contributed by atoms with Crippen LogP contribution in [0.3, 0.4) is 0 Å². The van der Waals surface area contributed by atoms with E-state index in [2.05, 4.69) is 15.2 Å².